The zero-order valence-electron chi connectivity index (χ0n) is 6.58. The predicted octanol–water partition coefficient (Wildman–Crippen LogP) is 3.04. The molecule has 0 fully saturated rings. The highest BCUT2D eigenvalue weighted by molar-refractivity contribution is 7.99. The molecule has 0 spiro atoms. The summed E-state index contributed by atoms with van der Waals surface area (Å²) in [7, 11) is 0. The SMILES string of the molecule is C=CC=CC(/C=C\C)SC. The Morgan fingerprint density at radius 2 is 2.10 bits per heavy atom. The average molecular weight is 154 g/mol. The van der Waals surface area contributed by atoms with Gasteiger partial charge in [-0.15, -0.1) is 0 Å². The molecule has 0 bridgehead atoms. The molecule has 0 heterocycles. The normalized spacial score (nSPS) is 14.6. The topological polar surface area (TPSA) is 0 Å². The lowest BCUT2D eigenvalue weighted by Crippen LogP contribution is -1.89. The minimum absolute atomic E-state index is 0.503. The third-order valence-corrected chi connectivity index (χ3v) is 1.95. The van der Waals surface area contributed by atoms with Gasteiger partial charge in [0.2, 0.25) is 0 Å². The van der Waals surface area contributed by atoms with Crippen LogP contribution < -0.4 is 0 Å². The van der Waals surface area contributed by atoms with Crippen LogP contribution >= 0.6 is 11.8 Å². The highest BCUT2D eigenvalue weighted by Gasteiger charge is 1.92. The van der Waals surface area contributed by atoms with Crippen molar-refractivity contribution in [3.63, 3.8) is 0 Å². The molecule has 0 aromatic rings. The first kappa shape index (κ1) is 9.57. The van der Waals surface area contributed by atoms with Crippen molar-refractivity contribution in [2.45, 2.75) is 12.2 Å². The van der Waals surface area contributed by atoms with Crippen LogP contribution in [0.15, 0.2) is 37.0 Å². The maximum absolute atomic E-state index is 3.61. The summed E-state index contributed by atoms with van der Waals surface area (Å²) in [5.41, 5.74) is 0. The summed E-state index contributed by atoms with van der Waals surface area (Å²) < 4.78 is 0. The minimum Gasteiger partial charge on any atom is -0.154 e. The zero-order chi connectivity index (χ0) is 7.82. The van der Waals surface area contributed by atoms with E-state index in [1.165, 1.54) is 0 Å². The Morgan fingerprint density at radius 1 is 1.40 bits per heavy atom. The Bertz CT molecular complexity index is 134. The van der Waals surface area contributed by atoms with E-state index in [4.69, 9.17) is 0 Å². The maximum Gasteiger partial charge on any atom is 0.0407 e. The molecule has 0 nitrogen and oxygen atoms in total. The molecule has 0 aliphatic carbocycles. The second kappa shape index (κ2) is 6.69. The van der Waals surface area contributed by atoms with Gasteiger partial charge in [0.1, 0.15) is 0 Å². The molecular weight excluding hydrogens is 140 g/mol. The van der Waals surface area contributed by atoms with E-state index in [2.05, 4.69) is 31.1 Å². The van der Waals surface area contributed by atoms with E-state index in [0.29, 0.717) is 5.25 Å². The van der Waals surface area contributed by atoms with Crippen LogP contribution in [0.1, 0.15) is 6.92 Å². The molecule has 1 atom stereocenters. The van der Waals surface area contributed by atoms with Crippen LogP contribution in [-0.2, 0) is 0 Å². The minimum atomic E-state index is 0.503. The van der Waals surface area contributed by atoms with Gasteiger partial charge in [0, 0.05) is 5.25 Å². The summed E-state index contributed by atoms with van der Waals surface area (Å²) >= 11 is 1.81. The number of hydrogen-bond donors (Lipinski definition) is 0. The molecule has 0 aromatic heterocycles. The first-order valence-electron chi connectivity index (χ1n) is 3.30. The fraction of sp³-hybridized carbons (Fsp3) is 0.333. The number of thioether (sulfide) groups is 1. The largest absolute Gasteiger partial charge is 0.154 e. The Balaban J connectivity index is 3.81. The van der Waals surface area contributed by atoms with Gasteiger partial charge in [-0.05, 0) is 13.2 Å². The van der Waals surface area contributed by atoms with Gasteiger partial charge < -0.3 is 0 Å². The van der Waals surface area contributed by atoms with Crippen LogP contribution in [0.4, 0.5) is 0 Å². The summed E-state index contributed by atoms with van der Waals surface area (Å²) in [6, 6.07) is 0. The summed E-state index contributed by atoms with van der Waals surface area (Å²) in [6.45, 7) is 5.64. The fourth-order valence-corrected chi connectivity index (χ4v) is 1.16. The molecule has 0 radical (unpaired) electrons. The molecule has 1 unspecified atom stereocenters. The lowest BCUT2D eigenvalue weighted by atomic mass is 10.3. The van der Waals surface area contributed by atoms with E-state index >= 15 is 0 Å². The predicted molar refractivity (Wildman–Crippen MR) is 51.5 cm³/mol. The average Bonchev–Trinajstić information content (AvgIpc) is 1.98. The van der Waals surface area contributed by atoms with E-state index in [0.717, 1.165) is 0 Å². The molecule has 0 aliphatic heterocycles. The number of rotatable bonds is 4. The number of hydrogen-bond acceptors (Lipinski definition) is 1. The summed E-state index contributed by atoms with van der Waals surface area (Å²) in [5.74, 6) is 0. The van der Waals surface area contributed by atoms with Gasteiger partial charge in [-0.3, -0.25) is 0 Å². The molecular formula is C9H14S. The van der Waals surface area contributed by atoms with Gasteiger partial charge in [-0.1, -0.05) is 37.0 Å². The molecule has 56 valence electrons. The van der Waals surface area contributed by atoms with Gasteiger partial charge in [-0.2, -0.15) is 11.8 Å². The quantitative estimate of drug-likeness (QED) is 0.443. The molecule has 0 aromatic carbocycles. The van der Waals surface area contributed by atoms with Crippen LogP contribution in [0.25, 0.3) is 0 Å². The number of allylic oxidation sites excluding steroid dienone is 3. The summed E-state index contributed by atoms with van der Waals surface area (Å²) in [5, 5.41) is 0.503. The monoisotopic (exact) mass is 154 g/mol. The molecule has 0 amide bonds. The Morgan fingerprint density at radius 3 is 2.50 bits per heavy atom. The van der Waals surface area contributed by atoms with Crippen molar-refractivity contribution in [2.24, 2.45) is 0 Å². The first-order valence-corrected chi connectivity index (χ1v) is 4.58. The van der Waals surface area contributed by atoms with Crippen molar-refractivity contribution in [1.29, 1.82) is 0 Å². The molecule has 1 heteroatoms. The second-order valence-electron chi connectivity index (χ2n) is 1.85. The third-order valence-electron chi connectivity index (χ3n) is 1.09. The van der Waals surface area contributed by atoms with Crippen molar-refractivity contribution in [3.05, 3.63) is 37.0 Å². The molecule has 0 aliphatic rings. The van der Waals surface area contributed by atoms with Crippen molar-refractivity contribution < 1.29 is 0 Å². The molecule has 0 rings (SSSR count). The highest BCUT2D eigenvalue weighted by Crippen LogP contribution is 2.09. The van der Waals surface area contributed by atoms with Crippen molar-refractivity contribution in [1.82, 2.24) is 0 Å². The van der Waals surface area contributed by atoms with Crippen LogP contribution in [0.5, 0.6) is 0 Å². The van der Waals surface area contributed by atoms with Gasteiger partial charge in [0.15, 0.2) is 0 Å². The van der Waals surface area contributed by atoms with Crippen LogP contribution in [-0.4, -0.2) is 11.5 Å². The van der Waals surface area contributed by atoms with Crippen LogP contribution in [0, 0.1) is 0 Å². The highest BCUT2D eigenvalue weighted by atomic mass is 32.2. The Kier molecular flexibility index (Phi) is 6.40. The van der Waals surface area contributed by atoms with E-state index in [-0.39, 0.29) is 0 Å². The van der Waals surface area contributed by atoms with Crippen LogP contribution in [0.2, 0.25) is 0 Å². The summed E-state index contributed by atoms with van der Waals surface area (Å²) in [4.78, 5) is 0. The van der Waals surface area contributed by atoms with E-state index in [1.807, 2.05) is 24.8 Å². The molecule has 0 saturated heterocycles. The summed E-state index contributed by atoms with van der Waals surface area (Å²) in [6.07, 6.45) is 12.2. The van der Waals surface area contributed by atoms with Crippen molar-refractivity contribution >= 4 is 11.8 Å². The Labute approximate surface area is 67.7 Å². The zero-order valence-corrected chi connectivity index (χ0v) is 7.40. The first-order chi connectivity index (χ1) is 4.85. The van der Waals surface area contributed by atoms with Gasteiger partial charge in [0.05, 0.1) is 0 Å². The van der Waals surface area contributed by atoms with Crippen LogP contribution in [0.3, 0.4) is 0 Å². The molecule has 10 heavy (non-hydrogen) atoms. The fourth-order valence-electron chi connectivity index (χ4n) is 0.599. The van der Waals surface area contributed by atoms with Crippen molar-refractivity contribution in [3.8, 4) is 0 Å². The van der Waals surface area contributed by atoms with Gasteiger partial charge >= 0.3 is 0 Å². The van der Waals surface area contributed by atoms with E-state index in [1.54, 1.807) is 6.08 Å². The maximum atomic E-state index is 3.61. The third kappa shape index (κ3) is 4.45. The lowest BCUT2D eigenvalue weighted by Gasteiger charge is -1.99. The van der Waals surface area contributed by atoms with Gasteiger partial charge in [-0.25, -0.2) is 0 Å². The smallest absolute Gasteiger partial charge is 0.0407 e. The second-order valence-corrected chi connectivity index (χ2v) is 2.86. The molecule has 0 N–H and O–H groups in total. The standard InChI is InChI=1S/C9H14S/c1-4-6-8-9(10-3)7-5-2/h4-9H,1H2,2-3H3/b7-5-,8-6?. The van der Waals surface area contributed by atoms with E-state index < -0.39 is 0 Å². The molecule has 0 saturated carbocycles. The van der Waals surface area contributed by atoms with E-state index in [9.17, 15) is 0 Å². The van der Waals surface area contributed by atoms with Gasteiger partial charge in [0.25, 0.3) is 0 Å². The lowest BCUT2D eigenvalue weighted by molar-refractivity contribution is 1.40. The Hall–Kier alpha value is -0.430. The van der Waals surface area contributed by atoms with Crippen molar-refractivity contribution in [2.75, 3.05) is 6.26 Å².